The van der Waals surface area contributed by atoms with Crippen LogP contribution in [0.25, 0.3) is 0 Å². The van der Waals surface area contributed by atoms with E-state index in [-0.39, 0.29) is 17.2 Å². The second kappa shape index (κ2) is 7.14. The van der Waals surface area contributed by atoms with Gasteiger partial charge in [-0.15, -0.1) is 11.8 Å². The molecule has 0 aliphatic carbocycles. The highest BCUT2D eigenvalue weighted by Crippen LogP contribution is 2.28. The molecule has 1 N–H and O–H groups in total. The smallest absolute Gasteiger partial charge is 0.222 e. The summed E-state index contributed by atoms with van der Waals surface area (Å²) in [5.74, 6) is 0.555. The molecule has 3 nitrogen and oxygen atoms in total. The van der Waals surface area contributed by atoms with Gasteiger partial charge >= 0.3 is 0 Å². The topological polar surface area (TPSA) is 52.9 Å². The van der Waals surface area contributed by atoms with Gasteiger partial charge in [0.2, 0.25) is 5.91 Å². The molecule has 1 amide bonds. The van der Waals surface area contributed by atoms with Crippen molar-refractivity contribution in [2.45, 2.75) is 23.3 Å². The summed E-state index contributed by atoms with van der Waals surface area (Å²) in [5, 5.41) is 11.9. The Morgan fingerprint density at radius 1 is 1.52 bits per heavy atom. The Labute approximate surface area is 130 Å². The van der Waals surface area contributed by atoms with E-state index in [0.29, 0.717) is 17.9 Å². The minimum absolute atomic E-state index is 0.161. The Morgan fingerprint density at radius 2 is 2.33 bits per heavy atom. The molecule has 0 aromatic heterocycles. The summed E-state index contributed by atoms with van der Waals surface area (Å²) < 4.78 is 26.4. The highest BCUT2D eigenvalue weighted by Gasteiger charge is 2.35. The minimum Gasteiger partial charge on any atom is -0.337 e. The maximum absolute atomic E-state index is 13.4. The number of halogens is 2. The van der Waals surface area contributed by atoms with E-state index in [9.17, 15) is 13.6 Å². The fraction of sp³-hybridized carbons (Fsp3) is 0.429. The van der Waals surface area contributed by atoms with Crippen molar-refractivity contribution in [2.24, 2.45) is 0 Å². The lowest BCUT2D eigenvalue weighted by Gasteiger charge is -2.21. The first kappa shape index (κ1) is 16.1. The lowest BCUT2D eigenvalue weighted by atomic mass is 10.0. The molecule has 0 unspecified atom stereocenters. The molecule has 1 aliphatic heterocycles. The van der Waals surface area contributed by atoms with Gasteiger partial charge in [0.15, 0.2) is 0 Å². The number of amides is 1. The molecule has 1 atom stereocenters. The lowest BCUT2D eigenvalue weighted by Crippen LogP contribution is -2.47. The predicted octanol–water partition coefficient (Wildman–Crippen LogP) is 2.96. The second-order valence-electron chi connectivity index (χ2n) is 4.72. The number of benzene rings is 1. The lowest BCUT2D eigenvalue weighted by molar-refractivity contribution is -0.121. The zero-order valence-electron chi connectivity index (χ0n) is 11.2. The van der Waals surface area contributed by atoms with Crippen molar-refractivity contribution in [3.8, 4) is 6.07 Å². The number of hydrogen-bond acceptors (Lipinski definition) is 4. The first-order chi connectivity index (χ1) is 10.0. The first-order valence-corrected chi connectivity index (χ1v) is 8.56. The molecule has 21 heavy (non-hydrogen) atoms. The van der Waals surface area contributed by atoms with E-state index in [4.69, 9.17) is 5.26 Å². The maximum Gasteiger partial charge on any atom is 0.222 e. The van der Waals surface area contributed by atoms with E-state index >= 15 is 0 Å². The number of thioether (sulfide) groups is 2. The van der Waals surface area contributed by atoms with Crippen molar-refractivity contribution in [2.75, 3.05) is 17.3 Å². The summed E-state index contributed by atoms with van der Waals surface area (Å²) >= 11 is 2.73. The van der Waals surface area contributed by atoms with Gasteiger partial charge in [0.1, 0.15) is 17.2 Å². The van der Waals surface area contributed by atoms with Crippen molar-refractivity contribution in [3.05, 3.63) is 29.8 Å². The minimum atomic E-state index is -0.767. The molecule has 1 aliphatic rings. The molecule has 1 heterocycles. The fourth-order valence-electron chi connectivity index (χ4n) is 1.95. The van der Waals surface area contributed by atoms with Crippen LogP contribution in [0.15, 0.2) is 23.1 Å². The SMILES string of the molecule is N#C[C@@]1(NC(=O)CCSc2cc(F)ccc2F)CCSC1. The standard InChI is InChI=1S/C14H14F2N2OS2/c15-10-1-2-11(16)12(7-10)21-5-3-13(19)18-14(8-17)4-6-20-9-14/h1-2,7H,3-6,9H2,(H,18,19)/t14-/m0/s1. The summed E-state index contributed by atoms with van der Waals surface area (Å²) in [6.07, 6.45) is 0.806. The molecule has 0 bridgehead atoms. The highest BCUT2D eigenvalue weighted by molar-refractivity contribution is 7.99. The van der Waals surface area contributed by atoms with E-state index in [1.54, 1.807) is 11.8 Å². The molecule has 0 radical (unpaired) electrons. The Balaban J connectivity index is 1.82. The van der Waals surface area contributed by atoms with Crippen molar-refractivity contribution < 1.29 is 13.6 Å². The zero-order valence-corrected chi connectivity index (χ0v) is 12.8. The number of nitriles is 1. The quantitative estimate of drug-likeness (QED) is 0.844. The molecule has 0 saturated carbocycles. The molecular weight excluding hydrogens is 314 g/mol. The largest absolute Gasteiger partial charge is 0.337 e. The number of carbonyl (C=O) groups excluding carboxylic acids is 1. The monoisotopic (exact) mass is 328 g/mol. The number of rotatable bonds is 5. The van der Waals surface area contributed by atoms with E-state index in [2.05, 4.69) is 11.4 Å². The van der Waals surface area contributed by atoms with Crippen molar-refractivity contribution >= 4 is 29.4 Å². The van der Waals surface area contributed by atoms with Crippen LogP contribution in [0.2, 0.25) is 0 Å². The summed E-state index contributed by atoms with van der Waals surface area (Å²) in [4.78, 5) is 12.0. The Kier molecular flexibility index (Phi) is 5.48. The zero-order chi connectivity index (χ0) is 15.3. The van der Waals surface area contributed by atoms with Gasteiger partial charge < -0.3 is 5.32 Å². The summed E-state index contributed by atoms with van der Waals surface area (Å²) in [7, 11) is 0. The number of nitrogens with zero attached hydrogens (tertiary/aromatic N) is 1. The third kappa shape index (κ3) is 4.35. The van der Waals surface area contributed by atoms with E-state index < -0.39 is 17.2 Å². The fourth-order valence-corrected chi connectivity index (χ4v) is 4.13. The van der Waals surface area contributed by atoms with Crippen LogP contribution in [0.3, 0.4) is 0 Å². The van der Waals surface area contributed by atoms with Gasteiger partial charge in [-0.3, -0.25) is 4.79 Å². The van der Waals surface area contributed by atoms with Crippen LogP contribution in [0, 0.1) is 23.0 Å². The van der Waals surface area contributed by atoms with Crippen molar-refractivity contribution in [3.63, 3.8) is 0 Å². The molecule has 1 aromatic rings. The third-order valence-electron chi connectivity index (χ3n) is 3.09. The Morgan fingerprint density at radius 3 is 3.00 bits per heavy atom. The predicted molar refractivity (Wildman–Crippen MR) is 80.1 cm³/mol. The van der Waals surface area contributed by atoms with Gasteiger partial charge in [-0.05, 0) is 30.4 Å². The van der Waals surface area contributed by atoms with Crippen LogP contribution in [0.1, 0.15) is 12.8 Å². The van der Waals surface area contributed by atoms with Crippen LogP contribution in [0.4, 0.5) is 8.78 Å². The van der Waals surface area contributed by atoms with Crippen LogP contribution in [-0.2, 0) is 4.79 Å². The summed E-state index contributed by atoms with van der Waals surface area (Å²) in [6, 6.07) is 5.40. The molecule has 2 rings (SSSR count). The first-order valence-electron chi connectivity index (χ1n) is 6.42. The van der Waals surface area contributed by atoms with Gasteiger partial charge in [0, 0.05) is 22.8 Å². The van der Waals surface area contributed by atoms with Crippen LogP contribution >= 0.6 is 23.5 Å². The molecule has 1 aromatic carbocycles. The van der Waals surface area contributed by atoms with E-state index in [1.165, 1.54) is 0 Å². The van der Waals surface area contributed by atoms with Gasteiger partial charge in [-0.1, -0.05) is 0 Å². The summed E-state index contributed by atoms with van der Waals surface area (Å²) in [5.41, 5.74) is -0.767. The highest BCUT2D eigenvalue weighted by atomic mass is 32.2. The molecule has 7 heteroatoms. The molecule has 112 valence electrons. The number of carbonyl (C=O) groups is 1. The van der Waals surface area contributed by atoms with E-state index in [0.717, 1.165) is 35.7 Å². The van der Waals surface area contributed by atoms with Crippen LogP contribution < -0.4 is 5.32 Å². The second-order valence-corrected chi connectivity index (χ2v) is 6.96. The number of nitrogens with one attached hydrogen (secondary N) is 1. The molecule has 1 fully saturated rings. The van der Waals surface area contributed by atoms with Crippen LogP contribution in [0.5, 0.6) is 0 Å². The maximum atomic E-state index is 13.4. The van der Waals surface area contributed by atoms with E-state index in [1.807, 2.05) is 0 Å². The normalized spacial score (nSPS) is 21.0. The van der Waals surface area contributed by atoms with Gasteiger partial charge in [-0.25, -0.2) is 8.78 Å². The van der Waals surface area contributed by atoms with Crippen LogP contribution in [-0.4, -0.2) is 28.7 Å². The molecular formula is C14H14F2N2OS2. The van der Waals surface area contributed by atoms with Crippen molar-refractivity contribution in [1.29, 1.82) is 5.26 Å². The Hall–Kier alpha value is -1.26. The third-order valence-corrected chi connectivity index (χ3v) is 5.32. The average molecular weight is 328 g/mol. The van der Waals surface area contributed by atoms with Crippen molar-refractivity contribution in [1.82, 2.24) is 5.32 Å². The Bertz CT molecular complexity index is 569. The summed E-state index contributed by atoms with van der Waals surface area (Å²) in [6.45, 7) is 0. The van der Waals surface area contributed by atoms with Gasteiger partial charge in [0.05, 0.1) is 6.07 Å². The average Bonchev–Trinajstić information content (AvgIpc) is 2.91. The van der Waals surface area contributed by atoms with Gasteiger partial charge in [0.25, 0.3) is 0 Å². The van der Waals surface area contributed by atoms with Gasteiger partial charge in [-0.2, -0.15) is 17.0 Å². The molecule has 0 spiro atoms. The molecule has 1 saturated heterocycles. The number of hydrogen-bond donors (Lipinski definition) is 1.